The summed E-state index contributed by atoms with van der Waals surface area (Å²) in [5.74, 6) is 0.385. The van der Waals surface area contributed by atoms with Crippen molar-refractivity contribution in [3.63, 3.8) is 0 Å². The molecule has 0 N–H and O–H groups in total. The Hall–Kier alpha value is -2.73. The molecule has 0 saturated heterocycles. The Balaban J connectivity index is 1.89. The Bertz CT molecular complexity index is 803. The van der Waals surface area contributed by atoms with Gasteiger partial charge in [0.25, 0.3) is 0 Å². The molecule has 0 fully saturated rings. The van der Waals surface area contributed by atoms with Crippen LogP contribution in [0.5, 0.6) is 17.2 Å². The first-order valence-electron chi connectivity index (χ1n) is 7.74. The second kappa shape index (κ2) is 9.10. The predicted octanol–water partition coefficient (Wildman–Crippen LogP) is 3.47. The van der Waals surface area contributed by atoms with E-state index in [-0.39, 0.29) is 12.4 Å². The summed E-state index contributed by atoms with van der Waals surface area (Å²) in [5.41, 5.74) is 1.10. The maximum absolute atomic E-state index is 12.2. The van der Waals surface area contributed by atoms with Crippen LogP contribution in [0.4, 0.5) is 0 Å². The van der Waals surface area contributed by atoms with Gasteiger partial charge in [0.05, 0.1) is 19.8 Å². The molecule has 0 spiro atoms. The summed E-state index contributed by atoms with van der Waals surface area (Å²) >= 11 is 5.86. The van der Waals surface area contributed by atoms with Gasteiger partial charge in [-0.2, -0.15) is 0 Å². The predicted molar refractivity (Wildman–Crippen MR) is 96.5 cm³/mol. The summed E-state index contributed by atoms with van der Waals surface area (Å²) in [5, 5.41) is 0.580. The van der Waals surface area contributed by atoms with Gasteiger partial charge < -0.3 is 18.9 Å². The zero-order valence-electron chi connectivity index (χ0n) is 14.7. The first-order chi connectivity index (χ1) is 12.4. The highest BCUT2D eigenvalue weighted by Crippen LogP contribution is 2.25. The SMILES string of the molecule is COc1ccc(C(=O)COC(=O)COc2ccc(Cl)cc2C)c(OC)c1. The summed E-state index contributed by atoms with van der Waals surface area (Å²) in [6, 6.07) is 9.82. The minimum Gasteiger partial charge on any atom is -0.497 e. The van der Waals surface area contributed by atoms with Crippen LogP contribution in [0.15, 0.2) is 36.4 Å². The summed E-state index contributed by atoms with van der Waals surface area (Å²) in [7, 11) is 2.96. The second-order valence-electron chi connectivity index (χ2n) is 5.35. The number of rotatable bonds is 8. The molecule has 0 aliphatic heterocycles. The van der Waals surface area contributed by atoms with Crippen LogP contribution in [0, 0.1) is 6.92 Å². The number of carbonyl (C=O) groups excluding carboxylic acids is 2. The third-order valence-corrected chi connectivity index (χ3v) is 3.79. The second-order valence-corrected chi connectivity index (χ2v) is 5.79. The zero-order chi connectivity index (χ0) is 19.1. The molecule has 0 aliphatic carbocycles. The Kier molecular flexibility index (Phi) is 6.86. The van der Waals surface area contributed by atoms with E-state index < -0.39 is 12.6 Å². The number of aryl methyl sites for hydroxylation is 1. The minimum atomic E-state index is -0.653. The third-order valence-electron chi connectivity index (χ3n) is 3.56. The fourth-order valence-corrected chi connectivity index (χ4v) is 2.43. The maximum Gasteiger partial charge on any atom is 0.344 e. The van der Waals surface area contributed by atoms with Gasteiger partial charge in [-0.1, -0.05) is 11.6 Å². The molecule has 0 heterocycles. The lowest BCUT2D eigenvalue weighted by atomic mass is 10.1. The number of esters is 1. The average Bonchev–Trinajstić information content (AvgIpc) is 2.64. The van der Waals surface area contributed by atoms with Gasteiger partial charge >= 0.3 is 5.97 Å². The average molecular weight is 379 g/mol. The lowest BCUT2D eigenvalue weighted by Gasteiger charge is -2.11. The number of Topliss-reactive ketones (excluding diaryl/α,β-unsaturated/α-hetero) is 1. The zero-order valence-corrected chi connectivity index (χ0v) is 15.5. The molecule has 0 amide bonds. The van der Waals surface area contributed by atoms with Crippen molar-refractivity contribution in [2.24, 2.45) is 0 Å². The van der Waals surface area contributed by atoms with E-state index in [0.29, 0.717) is 27.8 Å². The van der Waals surface area contributed by atoms with Gasteiger partial charge in [0.1, 0.15) is 17.2 Å². The molecule has 0 unspecified atom stereocenters. The fraction of sp³-hybridized carbons (Fsp3) is 0.263. The highest BCUT2D eigenvalue weighted by molar-refractivity contribution is 6.30. The van der Waals surface area contributed by atoms with Gasteiger partial charge in [0.2, 0.25) is 5.78 Å². The van der Waals surface area contributed by atoms with Gasteiger partial charge in [-0.15, -0.1) is 0 Å². The van der Waals surface area contributed by atoms with Crippen molar-refractivity contribution in [1.82, 2.24) is 0 Å². The minimum absolute atomic E-state index is 0.301. The van der Waals surface area contributed by atoms with Crippen molar-refractivity contribution in [2.75, 3.05) is 27.4 Å². The van der Waals surface area contributed by atoms with Crippen LogP contribution < -0.4 is 14.2 Å². The van der Waals surface area contributed by atoms with Crippen LogP contribution in [-0.4, -0.2) is 39.2 Å². The molecule has 2 aromatic carbocycles. The molecule has 26 heavy (non-hydrogen) atoms. The van der Waals surface area contributed by atoms with Crippen LogP contribution in [0.25, 0.3) is 0 Å². The molecule has 0 aromatic heterocycles. The van der Waals surface area contributed by atoms with Crippen molar-refractivity contribution in [2.45, 2.75) is 6.92 Å². The van der Waals surface area contributed by atoms with Crippen LogP contribution >= 0.6 is 11.6 Å². The van der Waals surface area contributed by atoms with E-state index in [1.54, 1.807) is 36.4 Å². The largest absolute Gasteiger partial charge is 0.497 e. The summed E-state index contributed by atoms with van der Waals surface area (Å²) < 4.78 is 20.6. The topological polar surface area (TPSA) is 71.1 Å². The number of ketones is 1. The molecule has 2 aromatic rings. The van der Waals surface area contributed by atoms with Crippen molar-refractivity contribution < 1.29 is 28.5 Å². The molecule has 0 bridgehead atoms. The van der Waals surface area contributed by atoms with Crippen molar-refractivity contribution >= 4 is 23.4 Å². The molecule has 7 heteroatoms. The van der Waals surface area contributed by atoms with Gasteiger partial charge in [-0.05, 0) is 42.8 Å². The Morgan fingerprint density at radius 2 is 1.73 bits per heavy atom. The van der Waals surface area contributed by atoms with Crippen LogP contribution in [-0.2, 0) is 9.53 Å². The van der Waals surface area contributed by atoms with Crippen molar-refractivity contribution in [3.8, 4) is 17.2 Å². The number of ether oxygens (including phenoxy) is 4. The molecular weight excluding hydrogens is 360 g/mol. The Morgan fingerprint density at radius 1 is 0.962 bits per heavy atom. The maximum atomic E-state index is 12.2. The number of halogens is 1. The molecule has 138 valence electrons. The molecule has 2 rings (SSSR count). The van der Waals surface area contributed by atoms with E-state index in [2.05, 4.69) is 0 Å². The smallest absolute Gasteiger partial charge is 0.344 e. The third kappa shape index (κ3) is 5.13. The van der Waals surface area contributed by atoms with E-state index in [1.807, 2.05) is 6.92 Å². The van der Waals surface area contributed by atoms with Gasteiger partial charge in [-0.3, -0.25) is 4.79 Å². The first-order valence-corrected chi connectivity index (χ1v) is 8.12. The van der Waals surface area contributed by atoms with Crippen LogP contribution in [0.1, 0.15) is 15.9 Å². The van der Waals surface area contributed by atoms with E-state index in [4.69, 9.17) is 30.5 Å². The molecular formula is C19H19ClO6. The van der Waals surface area contributed by atoms with E-state index >= 15 is 0 Å². The molecule has 0 atom stereocenters. The lowest BCUT2D eigenvalue weighted by Crippen LogP contribution is -2.20. The van der Waals surface area contributed by atoms with E-state index in [1.165, 1.54) is 14.2 Å². The molecule has 0 aliphatic rings. The number of hydrogen-bond acceptors (Lipinski definition) is 6. The van der Waals surface area contributed by atoms with Crippen LogP contribution in [0.3, 0.4) is 0 Å². The fourth-order valence-electron chi connectivity index (χ4n) is 2.21. The van der Waals surface area contributed by atoms with Crippen molar-refractivity contribution in [3.05, 3.63) is 52.5 Å². The standard InChI is InChI=1S/C19H19ClO6/c1-12-8-13(20)4-7-17(12)25-11-19(22)26-10-16(21)15-6-5-14(23-2)9-18(15)24-3/h4-9H,10-11H2,1-3H3. The normalized spacial score (nSPS) is 10.2. The Labute approximate surface area is 156 Å². The number of hydrogen-bond donors (Lipinski definition) is 0. The molecule has 0 radical (unpaired) electrons. The molecule has 6 nitrogen and oxygen atoms in total. The van der Waals surface area contributed by atoms with Crippen molar-refractivity contribution in [1.29, 1.82) is 0 Å². The highest BCUT2D eigenvalue weighted by Gasteiger charge is 2.16. The summed E-state index contributed by atoms with van der Waals surface area (Å²) in [4.78, 5) is 24.0. The quantitative estimate of drug-likeness (QED) is 0.517. The van der Waals surface area contributed by atoms with Gasteiger partial charge in [-0.25, -0.2) is 4.79 Å². The first kappa shape index (κ1) is 19.6. The van der Waals surface area contributed by atoms with E-state index in [0.717, 1.165) is 5.56 Å². The monoisotopic (exact) mass is 378 g/mol. The number of methoxy groups -OCH3 is 2. The Morgan fingerprint density at radius 3 is 2.38 bits per heavy atom. The number of carbonyl (C=O) groups is 2. The molecule has 0 saturated carbocycles. The van der Waals surface area contributed by atoms with Gasteiger partial charge in [0, 0.05) is 11.1 Å². The van der Waals surface area contributed by atoms with Crippen LogP contribution in [0.2, 0.25) is 5.02 Å². The van der Waals surface area contributed by atoms with Gasteiger partial charge in [0.15, 0.2) is 13.2 Å². The van der Waals surface area contributed by atoms with E-state index in [9.17, 15) is 9.59 Å². The lowest BCUT2D eigenvalue weighted by molar-refractivity contribution is -0.144. The highest BCUT2D eigenvalue weighted by atomic mass is 35.5. The summed E-state index contributed by atoms with van der Waals surface area (Å²) in [6.07, 6.45) is 0. The summed E-state index contributed by atoms with van der Waals surface area (Å²) in [6.45, 7) is 1.09. The number of benzene rings is 2.